The van der Waals surface area contributed by atoms with Gasteiger partial charge in [0.05, 0.1) is 5.69 Å². The van der Waals surface area contributed by atoms with Crippen LogP contribution < -0.4 is 9.80 Å². The molecular formula is C52H41N3S2. The number of hydrogen-bond acceptors (Lipinski definition) is 4. The number of aromatic nitrogens is 1. The molecule has 0 fully saturated rings. The van der Waals surface area contributed by atoms with Gasteiger partial charge in [0.25, 0.3) is 0 Å². The maximum Gasteiger partial charge on any atom is 0.101 e. The highest BCUT2D eigenvalue weighted by atomic mass is 32.1. The molecule has 3 nitrogen and oxygen atoms in total. The molecule has 3 aromatic heterocycles. The van der Waals surface area contributed by atoms with Crippen LogP contribution in [0.3, 0.4) is 0 Å². The van der Waals surface area contributed by atoms with Crippen LogP contribution in [0.4, 0.5) is 32.8 Å². The molecule has 9 aromatic rings. The Hall–Kier alpha value is -6.58. The maximum atomic E-state index is 3.35. The molecule has 0 saturated heterocycles. The van der Waals surface area contributed by atoms with Crippen molar-refractivity contribution in [1.29, 1.82) is 0 Å². The maximum absolute atomic E-state index is 3.35. The summed E-state index contributed by atoms with van der Waals surface area (Å²) in [4.78, 5) is 7.10. The zero-order valence-corrected chi connectivity index (χ0v) is 33.8. The van der Waals surface area contributed by atoms with Gasteiger partial charge in [0.15, 0.2) is 0 Å². The fraction of sp³-hybridized carbons (Fsp3) is 0.0769. The van der Waals surface area contributed by atoms with E-state index in [4.69, 9.17) is 0 Å². The predicted molar refractivity (Wildman–Crippen MR) is 244 cm³/mol. The van der Waals surface area contributed by atoms with Crippen LogP contribution in [0.5, 0.6) is 0 Å². The van der Waals surface area contributed by atoms with E-state index in [1.165, 1.54) is 48.4 Å². The Labute approximate surface area is 344 Å². The van der Waals surface area contributed by atoms with Gasteiger partial charge >= 0.3 is 0 Å². The molecule has 0 bridgehead atoms. The van der Waals surface area contributed by atoms with Crippen LogP contribution in [0, 0.1) is 12.1 Å². The number of para-hydroxylation sites is 1. The Morgan fingerprint density at radius 2 is 0.877 bits per heavy atom. The molecule has 57 heavy (non-hydrogen) atoms. The van der Waals surface area contributed by atoms with Crippen molar-refractivity contribution in [3.63, 3.8) is 0 Å². The van der Waals surface area contributed by atoms with E-state index in [-0.39, 0.29) is 5.54 Å². The standard InChI is InChI=1S/C52H41N3S2/c1-52(2,3)55-46(38-24-28-44(29-25-38)53(42-20-12-6-13-21-42)50-36-34-48(56-50)40-16-8-4-9-17-40)32-33-47(55)39-26-30-45(31-27-39)54(43-22-14-7-15-23-43)51-37-35-49(57-51)41-18-10-5-11-19-41/h4-14,16-22,24-37H,1-3H3. The van der Waals surface area contributed by atoms with Gasteiger partial charge in [-0.1, -0.05) is 115 Å². The van der Waals surface area contributed by atoms with Crippen molar-refractivity contribution in [3.05, 3.63) is 206 Å². The fourth-order valence-electron chi connectivity index (χ4n) is 7.42. The Morgan fingerprint density at radius 3 is 1.35 bits per heavy atom. The van der Waals surface area contributed by atoms with Crippen molar-refractivity contribution in [2.24, 2.45) is 0 Å². The molecule has 0 N–H and O–H groups in total. The quantitative estimate of drug-likeness (QED) is 0.137. The molecule has 0 atom stereocenters. The van der Waals surface area contributed by atoms with Gasteiger partial charge in [-0.2, -0.15) is 0 Å². The number of thiophene rings is 2. The van der Waals surface area contributed by atoms with E-state index in [2.05, 4.69) is 229 Å². The van der Waals surface area contributed by atoms with E-state index in [0.717, 1.165) is 27.8 Å². The summed E-state index contributed by atoms with van der Waals surface area (Å²) < 4.78 is 2.47. The Bertz CT molecular complexity index is 2500. The Morgan fingerprint density at radius 1 is 0.421 bits per heavy atom. The summed E-state index contributed by atoms with van der Waals surface area (Å²) >= 11 is 3.58. The minimum absolute atomic E-state index is 0.169. The molecule has 3 heterocycles. The number of hydrogen-bond donors (Lipinski definition) is 0. The molecule has 0 saturated carbocycles. The first-order valence-electron chi connectivity index (χ1n) is 19.2. The average molecular weight is 772 g/mol. The molecule has 0 unspecified atom stereocenters. The zero-order valence-electron chi connectivity index (χ0n) is 32.1. The van der Waals surface area contributed by atoms with E-state index < -0.39 is 0 Å². The van der Waals surface area contributed by atoms with Crippen molar-refractivity contribution in [2.75, 3.05) is 9.80 Å². The van der Waals surface area contributed by atoms with Gasteiger partial charge in [0.1, 0.15) is 10.0 Å². The minimum atomic E-state index is -0.169. The van der Waals surface area contributed by atoms with E-state index in [9.17, 15) is 0 Å². The molecule has 0 aliphatic heterocycles. The molecule has 9 rings (SSSR count). The van der Waals surface area contributed by atoms with Crippen LogP contribution in [-0.4, -0.2) is 4.57 Å². The summed E-state index contributed by atoms with van der Waals surface area (Å²) in [7, 11) is 0. The number of anilines is 6. The lowest BCUT2D eigenvalue weighted by molar-refractivity contribution is 0.407. The van der Waals surface area contributed by atoms with Crippen LogP contribution >= 0.6 is 22.7 Å². The lowest BCUT2D eigenvalue weighted by Crippen LogP contribution is -2.23. The van der Waals surface area contributed by atoms with Gasteiger partial charge in [-0.05, 0) is 134 Å². The number of nitrogens with zero attached hydrogens (tertiary/aromatic N) is 3. The second-order valence-corrected chi connectivity index (χ2v) is 17.0. The van der Waals surface area contributed by atoms with Crippen molar-refractivity contribution >= 4 is 55.4 Å². The van der Waals surface area contributed by atoms with Crippen LogP contribution in [0.15, 0.2) is 194 Å². The topological polar surface area (TPSA) is 11.4 Å². The van der Waals surface area contributed by atoms with Crippen LogP contribution in [-0.2, 0) is 5.54 Å². The molecule has 0 aliphatic rings. The highest BCUT2D eigenvalue weighted by Crippen LogP contribution is 2.44. The third-order valence-corrected chi connectivity index (χ3v) is 12.3. The van der Waals surface area contributed by atoms with Crippen molar-refractivity contribution in [1.82, 2.24) is 4.57 Å². The third-order valence-electron chi connectivity index (χ3n) is 10.0. The third kappa shape index (κ3) is 7.42. The Kier molecular flexibility index (Phi) is 9.82. The predicted octanol–water partition coefficient (Wildman–Crippen LogP) is 15.6. The van der Waals surface area contributed by atoms with Gasteiger partial charge in [0, 0.05) is 43.7 Å². The van der Waals surface area contributed by atoms with Crippen LogP contribution in [0.2, 0.25) is 0 Å². The summed E-state index contributed by atoms with van der Waals surface area (Å²) in [6, 6.07) is 75.7. The molecule has 0 spiro atoms. The zero-order chi connectivity index (χ0) is 38.8. The van der Waals surface area contributed by atoms with Crippen LogP contribution in [0.25, 0.3) is 43.4 Å². The largest absolute Gasteiger partial charge is 0.335 e. The highest BCUT2D eigenvalue weighted by Gasteiger charge is 2.24. The van der Waals surface area contributed by atoms with E-state index in [1.807, 2.05) is 23.5 Å². The van der Waals surface area contributed by atoms with E-state index in [1.54, 1.807) is 11.3 Å². The molecule has 276 valence electrons. The summed E-state index contributed by atoms with van der Waals surface area (Å²) in [6.45, 7) is 6.85. The monoisotopic (exact) mass is 771 g/mol. The molecule has 0 aliphatic carbocycles. The van der Waals surface area contributed by atoms with Gasteiger partial charge in [-0.15, -0.1) is 22.7 Å². The molecule has 0 amide bonds. The first-order valence-corrected chi connectivity index (χ1v) is 20.8. The van der Waals surface area contributed by atoms with Gasteiger partial charge in [-0.25, -0.2) is 0 Å². The second kappa shape index (κ2) is 15.5. The summed E-state index contributed by atoms with van der Waals surface area (Å²) in [5.41, 5.74) is 11.3. The van der Waals surface area contributed by atoms with Gasteiger partial charge in [-0.3, -0.25) is 4.90 Å². The first kappa shape index (κ1) is 36.1. The minimum Gasteiger partial charge on any atom is -0.335 e. The highest BCUT2D eigenvalue weighted by molar-refractivity contribution is 7.19. The number of rotatable bonds is 10. The normalized spacial score (nSPS) is 11.3. The average Bonchev–Trinajstić information content (AvgIpc) is 4.05. The summed E-state index contributed by atoms with van der Waals surface area (Å²) in [5, 5.41) is 2.30. The lowest BCUT2D eigenvalue weighted by atomic mass is 10.0. The molecule has 5 heteroatoms. The number of benzene rings is 5. The smallest absolute Gasteiger partial charge is 0.101 e. The molecular weight excluding hydrogens is 731 g/mol. The van der Waals surface area contributed by atoms with Gasteiger partial charge in [0.2, 0.25) is 0 Å². The SMILES string of the molecule is CC(C)(C)n1c(-c2ccc(N(c3c#cccc3)c3ccc(-c4ccccc4)s3)cc2)ccc1-c1ccc(N(c2ccccc2)c2ccc(-c3ccccc3)s2)cc1. The summed E-state index contributed by atoms with van der Waals surface area (Å²) in [6.07, 6.45) is 0. The van der Waals surface area contributed by atoms with E-state index in [0.29, 0.717) is 0 Å². The molecule has 0 radical (unpaired) electrons. The first-order chi connectivity index (χ1) is 27.9. The van der Waals surface area contributed by atoms with Gasteiger partial charge < -0.3 is 9.47 Å². The second-order valence-electron chi connectivity index (χ2n) is 14.9. The Balaban J connectivity index is 1.04. The molecule has 6 aromatic carbocycles. The van der Waals surface area contributed by atoms with Crippen molar-refractivity contribution in [3.8, 4) is 43.4 Å². The summed E-state index contributed by atoms with van der Waals surface area (Å²) in [5.74, 6) is 0. The fourth-order valence-corrected chi connectivity index (χ4v) is 9.52. The van der Waals surface area contributed by atoms with E-state index >= 15 is 0 Å². The van der Waals surface area contributed by atoms with Crippen LogP contribution in [0.1, 0.15) is 20.8 Å². The van der Waals surface area contributed by atoms with Crippen molar-refractivity contribution < 1.29 is 0 Å². The lowest BCUT2D eigenvalue weighted by Gasteiger charge is -2.28. The van der Waals surface area contributed by atoms with Crippen molar-refractivity contribution in [2.45, 2.75) is 26.3 Å².